The number of nitrogens with two attached hydrogens (primary N) is 1. The Hall–Kier alpha value is -3.82. The molecule has 0 radical (unpaired) electrons. The molecular weight excluding hydrogens is 466 g/mol. The lowest BCUT2D eigenvalue weighted by atomic mass is 10.0. The molecule has 1 aliphatic heterocycles. The highest BCUT2D eigenvalue weighted by molar-refractivity contribution is 5.97. The monoisotopic (exact) mass is 501 g/mol. The molecule has 1 atom stereocenters. The van der Waals surface area contributed by atoms with Gasteiger partial charge in [0.15, 0.2) is 0 Å². The molecular formula is C28H35N7O2. The zero-order chi connectivity index (χ0) is 26.1. The number of aliphatic hydroxyl groups excluding tert-OH is 1. The van der Waals surface area contributed by atoms with Crippen molar-refractivity contribution in [2.45, 2.75) is 25.5 Å². The standard InChI is InChI=1S/C28H35N7O2/c1-33(2)13-14-34(3)25-16-26(37-4)22(15-20(25)29)32-28-30-12-11-21(31-28)27-19-7-5-6-8-23(19)35-17-18(36)9-10-24(27)35/h5-8,11-12,15-16,18,36H,9-10,13-14,17,29H2,1-4H3,(H,30,31,32). The van der Waals surface area contributed by atoms with Crippen LogP contribution in [-0.4, -0.2) is 72.0 Å². The number of aromatic nitrogens is 3. The number of methoxy groups -OCH3 is 1. The van der Waals surface area contributed by atoms with Crippen molar-refractivity contribution in [1.82, 2.24) is 19.4 Å². The minimum atomic E-state index is -0.332. The van der Waals surface area contributed by atoms with Crippen LogP contribution < -0.4 is 20.7 Å². The average Bonchev–Trinajstić information content (AvgIpc) is 3.21. The lowest BCUT2D eigenvalue weighted by Gasteiger charge is -2.24. The largest absolute Gasteiger partial charge is 0.494 e. The summed E-state index contributed by atoms with van der Waals surface area (Å²) in [5.41, 5.74) is 13.0. The molecule has 0 saturated heterocycles. The molecule has 4 aromatic rings. The fourth-order valence-electron chi connectivity index (χ4n) is 5.05. The normalized spacial score (nSPS) is 15.1. The lowest BCUT2D eigenvalue weighted by Crippen LogP contribution is -2.29. The molecule has 9 heteroatoms. The maximum absolute atomic E-state index is 10.3. The van der Waals surface area contributed by atoms with Crippen LogP contribution in [0.15, 0.2) is 48.7 Å². The molecule has 2 aromatic carbocycles. The van der Waals surface area contributed by atoms with Gasteiger partial charge in [-0.3, -0.25) is 0 Å². The fraction of sp³-hybridized carbons (Fsp3) is 0.357. The molecule has 3 heterocycles. The summed E-state index contributed by atoms with van der Waals surface area (Å²) in [6.45, 7) is 2.35. The molecule has 0 bridgehead atoms. The van der Waals surface area contributed by atoms with Crippen molar-refractivity contribution < 1.29 is 9.84 Å². The topological polar surface area (TPSA) is 105 Å². The first-order chi connectivity index (χ1) is 17.9. The van der Waals surface area contributed by atoms with Crippen LogP contribution in [0.2, 0.25) is 0 Å². The zero-order valence-corrected chi connectivity index (χ0v) is 21.9. The Bertz CT molecular complexity index is 1420. The van der Waals surface area contributed by atoms with Gasteiger partial charge in [-0.1, -0.05) is 18.2 Å². The van der Waals surface area contributed by atoms with E-state index in [1.54, 1.807) is 13.3 Å². The maximum Gasteiger partial charge on any atom is 0.227 e. The first kappa shape index (κ1) is 24.9. The zero-order valence-electron chi connectivity index (χ0n) is 21.9. The van der Waals surface area contributed by atoms with Gasteiger partial charge in [-0.15, -0.1) is 0 Å². The Morgan fingerprint density at radius 1 is 1.16 bits per heavy atom. The van der Waals surface area contributed by atoms with Crippen molar-refractivity contribution in [1.29, 1.82) is 0 Å². The van der Waals surface area contributed by atoms with Gasteiger partial charge in [0, 0.05) is 61.1 Å². The second kappa shape index (κ2) is 10.3. The van der Waals surface area contributed by atoms with E-state index < -0.39 is 0 Å². The van der Waals surface area contributed by atoms with Crippen LogP contribution in [0, 0.1) is 0 Å². The molecule has 0 saturated carbocycles. The summed E-state index contributed by atoms with van der Waals surface area (Å²) < 4.78 is 7.92. The minimum Gasteiger partial charge on any atom is -0.494 e. The fourth-order valence-corrected chi connectivity index (χ4v) is 5.05. The average molecular weight is 502 g/mol. The van der Waals surface area contributed by atoms with E-state index in [2.05, 4.69) is 50.9 Å². The van der Waals surface area contributed by atoms with Crippen LogP contribution in [0.25, 0.3) is 22.2 Å². The summed E-state index contributed by atoms with van der Waals surface area (Å²) in [7, 11) is 7.77. The molecule has 4 N–H and O–H groups in total. The highest BCUT2D eigenvalue weighted by Crippen LogP contribution is 2.39. The third-order valence-corrected chi connectivity index (χ3v) is 6.99. The first-order valence-electron chi connectivity index (χ1n) is 12.6. The molecule has 0 aliphatic carbocycles. The Kier molecular flexibility index (Phi) is 6.90. The number of likely N-dealkylation sites (N-methyl/N-ethyl adjacent to an activating group) is 2. The Labute approximate surface area is 217 Å². The molecule has 2 aromatic heterocycles. The van der Waals surface area contributed by atoms with Crippen LogP contribution in [0.1, 0.15) is 12.1 Å². The van der Waals surface area contributed by atoms with E-state index in [0.29, 0.717) is 29.6 Å². The smallest absolute Gasteiger partial charge is 0.227 e. The van der Waals surface area contributed by atoms with Gasteiger partial charge in [0.05, 0.1) is 36.0 Å². The van der Waals surface area contributed by atoms with Crippen molar-refractivity contribution in [2.24, 2.45) is 0 Å². The predicted molar refractivity (Wildman–Crippen MR) is 150 cm³/mol. The molecule has 194 valence electrons. The number of anilines is 4. The Balaban J connectivity index is 1.49. The summed E-state index contributed by atoms with van der Waals surface area (Å²) in [6.07, 6.45) is 2.97. The summed E-state index contributed by atoms with van der Waals surface area (Å²) in [5.74, 6) is 1.12. The molecule has 0 spiro atoms. The predicted octanol–water partition coefficient (Wildman–Crippen LogP) is 3.74. The molecule has 0 amide bonds. The summed E-state index contributed by atoms with van der Waals surface area (Å²) in [6, 6.07) is 14.0. The highest BCUT2D eigenvalue weighted by atomic mass is 16.5. The number of nitrogens with one attached hydrogen (secondary N) is 1. The van der Waals surface area contributed by atoms with Crippen LogP contribution in [0.5, 0.6) is 5.75 Å². The van der Waals surface area contributed by atoms with Crippen molar-refractivity contribution >= 4 is 33.9 Å². The molecule has 1 aliphatic rings. The highest BCUT2D eigenvalue weighted by Gasteiger charge is 2.25. The van der Waals surface area contributed by atoms with E-state index >= 15 is 0 Å². The maximum atomic E-state index is 10.3. The van der Waals surface area contributed by atoms with E-state index in [1.165, 1.54) is 5.69 Å². The number of hydrogen-bond donors (Lipinski definition) is 3. The molecule has 37 heavy (non-hydrogen) atoms. The summed E-state index contributed by atoms with van der Waals surface area (Å²) >= 11 is 0. The molecule has 1 unspecified atom stereocenters. The van der Waals surface area contributed by atoms with E-state index in [4.69, 9.17) is 15.5 Å². The van der Waals surface area contributed by atoms with E-state index in [0.717, 1.165) is 53.8 Å². The number of nitrogens with zero attached hydrogens (tertiary/aromatic N) is 5. The van der Waals surface area contributed by atoms with E-state index in [1.807, 2.05) is 37.4 Å². The summed E-state index contributed by atoms with van der Waals surface area (Å²) in [5, 5.41) is 14.7. The van der Waals surface area contributed by atoms with Crippen LogP contribution >= 0.6 is 0 Å². The molecule has 5 rings (SSSR count). The van der Waals surface area contributed by atoms with Gasteiger partial charge < -0.3 is 35.3 Å². The quantitative estimate of drug-likeness (QED) is 0.314. The van der Waals surface area contributed by atoms with Gasteiger partial charge in [-0.05, 0) is 45.1 Å². The lowest BCUT2D eigenvalue weighted by molar-refractivity contribution is 0.133. The van der Waals surface area contributed by atoms with Gasteiger partial charge in [0.1, 0.15) is 5.75 Å². The first-order valence-corrected chi connectivity index (χ1v) is 12.6. The number of hydrogen-bond acceptors (Lipinski definition) is 8. The van der Waals surface area contributed by atoms with Crippen LogP contribution in [-0.2, 0) is 13.0 Å². The molecule has 9 nitrogen and oxygen atoms in total. The number of benzene rings is 2. The number of ether oxygens (including phenoxy) is 1. The number of para-hydroxylation sites is 1. The minimum absolute atomic E-state index is 0.332. The van der Waals surface area contributed by atoms with Crippen LogP contribution in [0.3, 0.4) is 0 Å². The Morgan fingerprint density at radius 3 is 2.76 bits per heavy atom. The molecule has 0 fully saturated rings. The van der Waals surface area contributed by atoms with Crippen molar-refractivity contribution in [3.05, 3.63) is 54.4 Å². The van der Waals surface area contributed by atoms with Gasteiger partial charge in [0.2, 0.25) is 5.95 Å². The summed E-state index contributed by atoms with van der Waals surface area (Å²) in [4.78, 5) is 13.6. The number of nitrogen functional groups attached to an aromatic ring is 1. The number of aliphatic hydroxyl groups is 1. The number of rotatable bonds is 8. The van der Waals surface area contributed by atoms with Gasteiger partial charge in [-0.2, -0.15) is 0 Å². The van der Waals surface area contributed by atoms with Crippen molar-refractivity contribution in [2.75, 3.05) is 57.3 Å². The van der Waals surface area contributed by atoms with Crippen LogP contribution in [0.4, 0.5) is 23.0 Å². The third kappa shape index (κ3) is 4.92. The van der Waals surface area contributed by atoms with Gasteiger partial charge >= 0.3 is 0 Å². The van der Waals surface area contributed by atoms with Crippen molar-refractivity contribution in [3.8, 4) is 17.0 Å². The van der Waals surface area contributed by atoms with E-state index in [9.17, 15) is 5.11 Å². The van der Waals surface area contributed by atoms with Gasteiger partial charge in [0.25, 0.3) is 0 Å². The van der Waals surface area contributed by atoms with Gasteiger partial charge in [-0.25, -0.2) is 9.97 Å². The second-order valence-electron chi connectivity index (χ2n) is 9.87. The Morgan fingerprint density at radius 2 is 1.97 bits per heavy atom. The SMILES string of the molecule is COc1cc(N(C)CCN(C)C)c(N)cc1Nc1nccc(-c2c3n(c4ccccc24)CC(O)CC3)n1. The second-order valence-corrected chi connectivity index (χ2v) is 9.87. The van der Waals surface area contributed by atoms with Crippen molar-refractivity contribution in [3.63, 3.8) is 0 Å². The number of fused-ring (bicyclic) bond motifs is 3. The van der Waals surface area contributed by atoms with E-state index in [-0.39, 0.29) is 6.10 Å². The third-order valence-electron chi connectivity index (χ3n) is 6.99.